The number of ketones is 1. The van der Waals surface area contributed by atoms with Crippen LogP contribution >= 0.6 is 21.6 Å². The predicted octanol–water partition coefficient (Wildman–Crippen LogP) is 6.90. The number of Topliss-reactive ketones (excluding diaryl/α,β-unsaturated/α-hetero) is 1. The van der Waals surface area contributed by atoms with E-state index in [2.05, 4.69) is 42.9 Å². The van der Waals surface area contributed by atoms with Crippen molar-refractivity contribution in [3.8, 4) is 0 Å². The highest BCUT2D eigenvalue weighted by molar-refractivity contribution is 8.76. The van der Waals surface area contributed by atoms with Crippen LogP contribution in [-0.4, -0.2) is 120 Å². The van der Waals surface area contributed by atoms with E-state index in [0.717, 1.165) is 5.69 Å². The first kappa shape index (κ1) is 52.3. The summed E-state index contributed by atoms with van der Waals surface area (Å²) in [7, 11) is 4.60. The lowest BCUT2D eigenvalue weighted by molar-refractivity contribution is -0.172. The van der Waals surface area contributed by atoms with Crippen molar-refractivity contribution in [1.29, 1.82) is 0 Å². The Bertz CT molecular complexity index is 1420. The average molecular weight is 845 g/mol. The standard InChI is InChI=1S/C41H72N4O10S2/c1-14-33(46)16-15-17-39(9,35(48)54-23-22-51-12)28-41(11,37(50)53-21-19-45(30(2)3)31(4)5)29-40(10,36(49)55-24-25-57-56-13)27-38(7,8)34(47)52-20-18-44-26-32(6)42-43-44/h26,30-31H,14-25,27-29H2,1-13H3. The van der Waals surface area contributed by atoms with Crippen LogP contribution in [0.15, 0.2) is 6.20 Å². The maximum atomic E-state index is 14.6. The van der Waals surface area contributed by atoms with Crippen molar-refractivity contribution in [1.82, 2.24) is 19.9 Å². The lowest BCUT2D eigenvalue weighted by Gasteiger charge is -2.43. The summed E-state index contributed by atoms with van der Waals surface area (Å²) in [6, 6.07) is 0.409. The predicted molar refractivity (Wildman–Crippen MR) is 225 cm³/mol. The van der Waals surface area contributed by atoms with Crippen LogP contribution in [0.4, 0.5) is 0 Å². The van der Waals surface area contributed by atoms with Gasteiger partial charge in [0.05, 0.1) is 40.5 Å². The van der Waals surface area contributed by atoms with Crippen LogP contribution in [0, 0.1) is 28.6 Å². The third-order valence-corrected chi connectivity index (χ3v) is 11.9. The number of nitrogens with zero attached hydrogens (tertiary/aromatic N) is 4. The molecule has 1 rings (SSSR count). The van der Waals surface area contributed by atoms with Crippen molar-refractivity contribution in [2.24, 2.45) is 21.7 Å². The Labute approximate surface area is 349 Å². The summed E-state index contributed by atoms with van der Waals surface area (Å²) >= 11 is 0. The summed E-state index contributed by atoms with van der Waals surface area (Å²) in [6.45, 7) is 21.7. The Kier molecular flexibility index (Phi) is 23.0. The molecule has 0 aromatic carbocycles. The summed E-state index contributed by atoms with van der Waals surface area (Å²) in [6.07, 6.45) is 4.75. The fraction of sp³-hybridized carbons (Fsp3) is 0.829. The first-order chi connectivity index (χ1) is 26.6. The van der Waals surface area contributed by atoms with Gasteiger partial charge in [-0.15, -0.1) is 5.10 Å². The molecule has 0 amide bonds. The van der Waals surface area contributed by atoms with Crippen molar-refractivity contribution < 1.29 is 47.7 Å². The van der Waals surface area contributed by atoms with Crippen molar-refractivity contribution in [3.63, 3.8) is 0 Å². The van der Waals surface area contributed by atoms with Crippen LogP contribution in [0.1, 0.15) is 120 Å². The number of hydrogen-bond acceptors (Lipinski definition) is 15. The maximum absolute atomic E-state index is 14.6. The van der Waals surface area contributed by atoms with Crippen LogP contribution < -0.4 is 0 Å². The lowest BCUT2D eigenvalue weighted by atomic mass is 9.61. The van der Waals surface area contributed by atoms with Gasteiger partial charge >= 0.3 is 23.9 Å². The molecule has 3 unspecified atom stereocenters. The van der Waals surface area contributed by atoms with Gasteiger partial charge in [0.2, 0.25) is 0 Å². The van der Waals surface area contributed by atoms with Gasteiger partial charge in [0, 0.05) is 50.5 Å². The molecule has 0 aliphatic rings. The zero-order valence-electron chi connectivity index (χ0n) is 37.0. The van der Waals surface area contributed by atoms with E-state index in [4.69, 9.17) is 23.7 Å². The highest BCUT2D eigenvalue weighted by Gasteiger charge is 2.54. The molecule has 1 heterocycles. The number of aryl methyl sites for hydroxylation is 1. The minimum atomic E-state index is -1.46. The minimum Gasteiger partial charge on any atom is -0.464 e. The van der Waals surface area contributed by atoms with E-state index >= 15 is 0 Å². The summed E-state index contributed by atoms with van der Waals surface area (Å²) in [4.78, 5) is 71.2. The van der Waals surface area contributed by atoms with E-state index < -0.39 is 45.5 Å². The number of carbonyl (C=O) groups excluding carboxylic acids is 5. The Morgan fingerprint density at radius 1 is 0.772 bits per heavy atom. The number of methoxy groups -OCH3 is 1. The quantitative estimate of drug-likeness (QED) is 0.0340. The molecule has 0 aliphatic carbocycles. The molecule has 0 aliphatic heterocycles. The third-order valence-electron chi connectivity index (χ3n) is 10.2. The fourth-order valence-electron chi connectivity index (χ4n) is 7.58. The van der Waals surface area contributed by atoms with Crippen molar-refractivity contribution in [2.45, 2.75) is 140 Å². The minimum absolute atomic E-state index is 0.00509. The molecule has 3 atom stereocenters. The highest BCUT2D eigenvalue weighted by atomic mass is 33.1. The van der Waals surface area contributed by atoms with Crippen LogP contribution in [0.3, 0.4) is 0 Å². The zero-order valence-corrected chi connectivity index (χ0v) is 38.7. The molecule has 14 nitrogen and oxygen atoms in total. The van der Waals surface area contributed by atoms with Gasteiger partial charge in [0.25, 0.3) is 0 Å². The normalized spacial score (nSPS) is 15.2. The van der Waals surface area contributed by atoms with Crippen LogP contribution in [-0.2, 0) is 54.2 Å². The zero-order chi connectivity index (χ0) is 43.5. The second-order valence-corrected chi connectivity index (χ2v) is 19.6. The molecule has 0 N–H and O–H groups in total. The number of rotatable bonds is 30. The second-order valence-electron chi connectivity index (χ2n) is 16.9. The van der Waals surface area contributed by atoms with E-state index in [1.807, 2.05) is 13.2 Å². The monoisotopic (exact) mass is 844 g/mol. The van der Waals surface area contributed by atoms with E-state index in [9.17, 15) is 24.0 Å². The van der Waals surface area contributed by atoms with Gasteiger partial charge in [-0.3, -0.25) is 28.9 Å². The van der Waals surface area contributed by atoms with Crippen LogP contribution in [0.25, 0.3) is 0 Å². The third kappa shape index (κ3) is 18.0. The SMILES string of the molecule is CCC(=O)CCCC(C)(CC(C)(CC(C)(CC(C)(C)C(=O)OCCn1cc(C)nn1)C(=O)OCCSSC)C(=O)OCCN(C(C)C)C(C)C)C(=O)OCCOC. The molecule has 0 radical (unpaired) electrons. The van der Waals surface area contributed by atoms with Crippen molar-refractivity contribution in [2.75, 3.05) is 58.7 Å². The fourth-order valence-corrected chi connectivity index (χ4v) is 8.60. The number of aromatic nitrogens is 3. The molecule has 1 aromatic heterocycles. The average Bonchev–Trinajstić information content (AvgIpc) is 3.55. The number of carbonyl (C=O) groups is 5. The molecule has 0 bridgehead atoms. The first-order valence-corrected chi connectivity index (χ1v) is 22.8. The number of hydrogen-bond donors (Lipinski definition) is 0. The topological polar surface area (TPSA) is 165 Å². The molecule has 57 heavy (non-hydrogen) atoms. The second kappa shape index (κ2) is 25.1. The summed E-state index contributed by atoms with van der Waals surface area (Å²) in [5.41, 5.74) is -4.62. The molecular weight excluding hydrogens is 773 g/mol. The largest absolute Gasteiger partial charge is 0.464 e. The van der Waals surface area contributed by atoms with Crippen LogP contribution in [0.5, 0.6) is 0 Å². The highest BCUT2D eigenvalue weighted by Crippen LogP contribution is 2.50. The van der Waals surface area contributed by atoms with E-state index in [-0.39, 0.29) is 83.0 Å². The number of esters is 4. The Balaban J connectivity index is 3.71. The maximum Gasteiger partial charge on any atom is 0.311 e. The van der Waals surface area contributed by atoms with Gasteiger partial charge in [0.1, 0.15) is 32.2 Å². The van der Waals surface area contributed by atoms with Gasteiger partial charge in [0.15, 0.2) is 0 Å². The molecular formula is C41H72N4O10S2. The summed E-state index contributed by atoms with van der Waals surface area (Å²) < 4.78 is 30.0. The van der Waals surface area contributed by atoms with Gasteiger partial charge in [-0.25, -0.2) is 4.68 Å². The van der Waals surface area contributed by atoms with Gasteiger partial charge in [-0.05, 0) is 108 Å². The summed E-state index contributed by atoms with van der Waals surface area (Å²) in [5, 5.41) is 7.97. The molecule has 0 spiro atoms. The van der Waals surface area contributed by atoms with Crippen molar-refractivity contribution >= 4 is 51.2 Å². The number of ether oxygens (including phenoxy) is 5. The van der Waals surface area contributed by atoms with Crippen LogP contribution in [0.2, 0.25) is 0 Å². The molecule has 16 heteroatoms. The molecule has 328 valence electrons. The van der Waals surface area contributed by atoms with E-state index in [1.54, 1.807) is 74.0 Å². The van der Waals surface area contributed by atoms with Gasteiger partial charge < -0.3 is 23.7 Å². The summed E-state index contributed by atoms with van der Waals surface area (Å²) in [5.74, 6) is -1.64. The lowest BCUT2D eigenvalue weighted by Crippen LogP contribution is -2.48. The first-order valence-electron chi connectivity index (χ1n) is 20.1. The van der Waals surface area contributed by atoms with E-state index in [1.165, 1.54) is 7.11 Å². The molecule has 1 aromatic rings. The van der Waals surface area contributed by atoms with E-state index in [0.29, 0.717) is 31.7 Å². The molecule has 0 saturated carbocycles. The Morgan fingerprint density at radius 3 is 1.86 bits per heavy atom. The van der Waals surface area contributed by atoms with Gasteiger partial charge in [-0.1, -0.05) is 33.7 Å². The molecule has 0 saturated heterocycles. The Morgan fingerprint density at radius 2 is 1.32 bits per heavy atom. The van der Waals surface area contributed by atoms with Gasteiger partial charge in [-0.2, -0.15) is 0 Å². The smallest absolute Gasteiger partial charge is 0.311 e. The Hall–Kier alpha value is -2.69. The van der Waals surface area contributed by atoms with Crippen molar-refractivity contribution in [3.05, 3.63) is 11.9 Å². The molecule has 0 fully saturated rings.